The fourth-order valence-electron chi connectivity index (χ4n) is 1.42. The molecule has 0 saturated carbocycles. The van der Waals surface area contributed by atoms with Gasteiger partial charge in [0.25, 0.3) is 0 Å². The monoisotopic (exact) mass is 270 g/mol. The molecule has 0 bridgehead atoms. The largest absolute Gasteiger partial charge is 0.353 e. The highest BCUT2D eigenvalue weighted by Crippen LogP contribution is 2.12. The first-order valence-corrected chi connectivity index (χ1v) is 7.34. The first-order valence-electron chi connectivity index (χ1n) is 5.79. The fraction of sp³-hybridized carbons (Fsp3) is 0.417. The normalized spacial score (nSPS) is 13.0. The second-order valence-electron chi connectivity index (χ2n) is 3.95. The minimum absolute atomic E-state index is 0.0734. The van der Waals surface area contributed by atoms with Gasteiger partial charge in [0, 0.05) is 13.0 Å². The van der Waals surface area contributed by atoms with E-state index in [0.29, 0.717) is 12.8 Å². The molecule has 1 rings (SSSR count). The molecule has 1 unspecified atom stereocenters. The number of nitrogens with two attached hydrogens (primary N) is 1. The SMILES string of the molecule is CCCC(=O)NCC(N)S(=O)(=O)c1ccccc1. The average molecular weight is 270 g/mol. The van der Waals surface area contributed by atoms with E-state index in [1.807, 2.05) is 6.92 Å². The van der Waals surface area contributed by atoms with Gasteiger partial charge in [-0.2, -0.15) is 0 Å². The number of amides is 1. The van der Waals surface area contributed by atoms with Gasteiger partial charge >= 0.3 is 0 Å². The molecular weight excluding hydrogens is 252 g/mol. The summed E-state index contributed by atoms with van der Waals surface area (Å²) in [5.41, 5.74) is 5.63. The van der Waals surface area contributed by atoms with Crippen molar-refractivity contribution in [2.24, 2.45) is 5.73 Å². The molecular formula is C12H18N2O3S. The van der Waals surface area contributed by atoms with Gasteiger partial charge in [0.2, 0.25) is 5.91 Å². The molecule has 1 aromatic rings. The third-order valence-electron chi connectivity index (χ3n) is 2.45. The molecule has 0 radical (unpaired) electrons. The van der Waals surface area contributed by atoms with Crippen LogP contribution in [0.3, 0.4) is 0 Å². The Labute approximate surface area is 107 Å². The molecule has 5 nitrogen and oxygen atoms in total. The number of rotatable bonds is 6. The quantitative estimate of drug-likeness (QED) is 0.794. The van der Waals surface area contributed by atoms with Crippen molar-refractivity contribution in [3.05, 3.63) is 30.3 Å². The van der Waals surface area contributed by atoms with Gasteiger partial charge in [-0.05, 0) is 18.6 Å². The van der Waals surface area contributed by atoms with Gasteiger partial charge < -0.3 is 11.1 Å². The zero-order valence-corrected chi connectivity index (χ0v) is 11.1. The van der Waals surface area contributed by atoms with Crippen LogP contribution < -0.4 is 11.1 Å². The Bertz CT molecular complexity index is 485. The van der Waals surface area contributed by atoms with Crippen molar-refractivity contribution in [2.45, 2.75) is 30.0 Å². The standard InChI is InChI=1S/C12H18N2O3S/c1-2-6-12(15)14-9-11(13)18(16,17)10-7-4-3-5-8-10/h3-5,7-8,11H,2,6,9,13H2,1H3,(H,14,15). The van der Waals surface area contributed by atoms with Gasteiger partial charge in [0.05, 0.1) is 4.90 Å². The maximum absolute atomic E-state index is 12.0. The van der Waals surface area contributed by atoms with Crippen LogP contribution in [-0.2, 0) is 14.6 Å². The number of hydrogen-bond donors (Lipinski definition) is 2. The first kappa shape index (κ1) is 14.7. The Morgan fingerprint density at radius 1 is 1.33 bits per heavy atom. The highest BCUT2D eigenvalue weighted by atomic mass is 32.2. The molecule has 1 aromatic carbocycles. The summed E-state index contributed by atoms with van der Waals surface area (Å²) >= 11 is 0. The molecule has 1 amide bonds. The zero-order valence-electron chi connectivity index (χ0n) is 10.3. The second kappa shape index (κ2) is 6.51. The topological polar surface area (TPSA) is 89.3 Å². The number of nitrogens with one attached hydrogen (secondary N) is 1. The van der Waals surface area contributed by atoms with Crippen LogP contribution in [0.1, 0.15) is 19.8 Å². The van der Waals surface area contributed by atoms with Crippen LogP contribution in [0.4, 0.5) is 0 Å². The number of sulfone groups is 1. The molecule has 0 fully saturated rings. The Morgan fingerprint density at radius 3 is 2.50 bits per heavy atom. The summed E-state index contributed by atoms with van der Waals surface area (Å²) in [4.78, 5) is 11.4. The van der Waals surface area contributed by atoms with Gasteiger partial charge in [0.15, 0.2) is 9.84 Å². The third kappa shape index (κ3) is 3.82. The van der Waals surface area contributed by atoms with Crippen molar-refractivity contribution < 1.29 is 13.2 Å². The molecule has 100 valence electrons. The molecule has 18 heavy (non-hydrogen) atoms. The highest BCUT2D eigenvalue weighted by molar-refractivity contribution is 7.92. The van der Waals surface area contributed by atoms with Gasteiger partial charge in [0.1, 0.15) is 5.37 Å². The van der Waals surface area contributed by atoms with Gasteiger partial charge in [-0.15, -0.1) is 0 Å². The lowest BCUT2D eigenvalue weighted by atomic mass is 10.3. The minimum Gasteiger partial charge on any atom is -0.353 e. The number of carbonyl (C=O) groups excluding carboxylic acids is 1. The fourth-order valence-corrected chi connectivity index (χ4v) is 2.61. The molecule has 0 heterocycles. The summed E-state index contributed by atoms with van der Waals surface area (Å²) in [5.74, 6) is -0.184. The smallest absolute Gasteiger partial charge is 0.220 e. The maximum atomic E-state index is 12.0. The van der Waals surface area contributed by atoms with Crippen molar-refractivity contribution in [1.82, 2.24) is 5.32 Å². The van der Waals surface area contributed by atoms with Crippen molar-refractivity contribution >= 4 is 15.7 Å². The molecule has 3 N–H and O–H groups in total. The summed E-state index contributed by atoms with van der Waals surface area (Å²) in [6.07, 6.45) is 1.09. The van der Waals surface area contributed by atoms with Crippen LogP contribution in [0.2, 0.25) is 0 Å². The average Bonchev–Trinajstić information content (AvgIpc) is 2.37. The van der Waals surface area contributed by atoms with Crippen molar-refractivity contribution in [3.63, 3.8) is 0 Å². The van der Waals surface area contributed by atoms with Crippen LogP contribution in [0.15, 0.2) is 35.2 Å². The van der Waals surface area contributed by atoms with E-state index in [-0.39, 0.29) is 17.3 Å². The van der Waals surface area contributed by atoms with Crippen molar-refractivity contribution in [2.75, 3.05) is 6.54 Å². The van der Waals surface area contributed by atoms with Crippen LogP contribution >= 0.6 is 0 Å². The molecule has 0 aliphatic rings. The Hall–Kier alpha value is -1.40. The highest BCUT2D eigenvalue weighted by Gasteiger charge is 2.23. The molecule has 0 aliphatic carbocycles. The lowest BCUT2D eigenvalue weighted by molar-refractivity contribution is -0.121. The number of carbonyl (C=O) groups is 1. The molecule has 1 atom stereocenters. The summed E-state index contributed by atoms with van der Waals surface area (Å²) < 4.78 is 24.1. The Balaban J connectivity index is 2.66. The molecule has 0 spiro atoms. The van der Waals surface area contributed by atoms with E-state index in [9.17, 15) is 13.2 Å². The maximum Gasteiger partial charge on any atom is 0.220 e. The number of hydrogen-bond acceptors (Lipinski definition) is 4. The molecule has 0 aliphatic heterocycles. The lowest BCUT2D eigenvalue weighted by Crippen LogP contribution is -2.42. The minimum atomic E-state index is -3.59. The van der Waals surface area contributed by atoms with Crippen LogP contribution in [0, 0.1) is 0 Å². The van der Waals surface area contributed by atoms with Crippen LogP contribution in [0.25, 0.3) is 0 Å². The van der Waals surface area contributed by atoms with Gasteiger partial charge in [-0.25, -0.2) is 8.42 Å². The summed E-state index contributed by atoms with van der Waals surface area (Å²) in [6, 6.07) is 7.98. The zero-order chi connectivity index (χ0) is 13.6. The van der Waals surface area contributed by atoms with E-state index in [4.69, 9.17) is 5.73 Å². The molecule has 0 aromatic heterocycles. The van der Waals surface area contributed by atoms with E-state index in [0.717, 1.165) is 0 Å². The van der Waals surface area contributed by atoms with Crippen molar-refractivity contribution in [3.8, 4) is 0 Å². The number of benzene rings is 1. The van der Waals surface area contributed by atoms with Crippen molar-refractivity contribution in [1.29, 1.82) is 0 Å². The summed E-state index contributed by atoms with van der Waals surface area (Å²) in [5, 5.41) is 1.39. The van der Waals surface area contributed by atoms with E-state index >= 15 is 0 Å². The second-order valence-corrected chi connectivity index (χ2v) is 6.12. The molecule has 0 saturated heterocycles. The Morgan fingerprint density at radius 2 is 1.94 bits per heavy atom. The van der Waals surface area contributed by atoms with Gasteiger partial charge in [-0.3, -0.25) is 4.79 Å². The summed E-state index contributed by atoms with van der Waals surface area (Å²) in [6.45, 7) is 1.80. The Kier molecular flexibility index (Phi) is 5.30. The molecule has 6 heteroatoms. The van der Waals surface area contributed by atoms with Gasteiger partial charge in [-0.1, -0.05) is 25.1 Å². The van der Waals surface area contributed by atoms with E-state index < -0.39 is 15.2 Å². The predicted octanol–water partition coefficient (Wildman–Crippen LogP) is 0.661. The van der Waals surface area contributed by atoms with E-state index in [1.165, 1.54) is 12.1 Å². The van der Waals surface area contributed by atoms with E-state index in [1.54, 1.807) is 18.2 Å². The first-order chi connectivity index (χ1) is 8.48. The lowest BCUT2D eigenvalue weighted by Gasteiger charge is -2.13. The van der Waals surface area contributed by atoms with E-state index in [2.05, 4.69) is 5.32 Å². The third-order valence-corrected chi connectivity index (χ3v) is 4.34. The summed E-state index contributed by atoms with van der Waals surface area (Å²) in [7, 11) is -3.59. The van der Waals surface area contributed by atoms with Crippen LogP contribution in [-0.4, -0.2) is 26.2 Å². The predicted molar refractivity (Wildman–Crippen MR) is 69.5 cm³/mol. The van der Waals surface area contributed by atoms with Crippen LogP contribution in [0.5, 0.6) is 0 Å².